The zero-order valence-corrected chi connectivity index (χ0v) is 15.4. The van der Waals surface area contributed by atoms with Crippen molar-refractivity contribution in [2.45, 2.75) is 19.4 Å². The fraction of sp³-hybridized carbons (Fsp3) is 0.267. The summed E-state index contributed by atoms with van der Waals surface area (Å²) in [5.74, 6) is -0.115. The fourth-order valence-electron chi connectivity index (χ4n) is 2.03. The Bertz CT molecular complexity index is 763. The molecule has 0 spiro atoms. The molecule has 0 radical (unpaired) electrons. The van der Waals surface area contributed by atoms with E-state index in [0.29, 0.717) is 22.8 Å². The largest absolute Gasteiger partial charge is 0.496 e. The average Bonchev–Trinajstić information content (AvgIpc) is 2.99. The molecule has 0 saturated carbocycles. The molecule has 1 atom stereocenters. The van der Waals surface area contributed by atoms with Gasteiger partial charge in [0.2, 0.25) is 0 Å². The highest BCUT2D eigenvalue weighted by Crippen LogP contribution is 2.22. The fourth-order valence-corrected chi connectivity index (χ4v) is 2.51. The van der Waals surface area contributed by atoms with Gasteiger partial charge in [0.25, 0.3) is 0 Å². The number of nitrogens with two attached hydrogens (primary N) is 1. The monoisotopic (exact) mass is 414 g/mol. The van der Waals surface area contributed by atoms with Gasteiger partial charge in [-0.2, -0.15) is 5.10 Å². The molecule has 0 fully saturated rings. The van der Waals surface area contributed by atoms with E-state index in [-0.39, 0.29) is 5.84 Å². The van der Waals surface area contributed by atoms with Crippen molar-refractivity contribution in [1.82, 2.24) is 9.78 Å². The van der Waals surface area contributed by atoms with Crippen LogP contribution in [0.3, 0.4) is 0 Å². The van der Waals surface area contributed by atoms with E-state index in [4.69, 9.17) is 26.9 Å². The third-order valence-corrected chi connectivity index (χ3v) is 3.86. The molecule has 0 bridgehead atoms. The van der Waals surface area contributed by atoms with Crippen LogP contribution in [0.1, 0.15) is 24.9 Å². The molecular weight excluding hydrogens is 400 g/mol. The van der Waals surface area contributed by atoms with Gasteiger partial charge in [0, 0.05) is 11.2 Å². The van der Waals surface area contributed by atoms with Crippen molar-refractivity contribution in [2.75, 3.05) is 7.11 Å². The number of ether oxygens (including phenoxy) is 1. The number of carbonyl (C=O) groups excluding carboxylic acids is 1. The van der Waals surface area contributed by atoms with Crippen LogP contribution >= 0.6 is 27.5 Å². The lowest BCUT2D eigenvalue weighted by Gasteiger charge is -2.12. The number of amidine groups is 1. The summed E-state index contributed by atoms with van der Waals surface area (Å²) in [5, 5.41) is 8.24. The van der Waals surface area contributed by atoms with Gasteiger partial charge in [0.05, 0.1) is 23.3 Å². The summed E-state index contributed by atoms with van der Waals surface area (Å²) < 4.78 is 7.45. The lowest BCUT2D eigenvalue weighted by atomic mass is 10.2. The first-order valence-corrected chi connectivity index (χ1v) is 8.21. The molecule has 1 heterocycles. The molecule has 7 nitrogen and oxygen atoms in total. The highest BCUT2D eigenvalue weighted by atomic mass is 79.9. The maximum absolute atomic E-state index is 12.2. The van der Waals surface area contributed by atoms with Crippen LogP contribution in [0.5, 0.6) is 5.75 Å². The lowest BCUT2D eigenvalue weighted by Crippen LogP contribution is -2.22. The molecule has 0 aliphatic rings. The Morgan fingerprint density at radius 1 is 1.54 bits per heavy atom. The van der Waals surface area contributed by atoms with E-state index in [0.717, 1.165) is 4.47 Å². The highest BCUT2D eigenvalue weighted by molar-refractivity contribution is 9.10. The van der Waals surface area contributed by atoms with Crippen LogP contribution in [0.4, 0.5) is 0 Å². The molecule has 1 aromatic carbocycles. The Hall–Kier alpha value is -2.06. The number of aromatic nitrogens is 2. The molecular formula is C15H16BrClN4O3. The first-order valence-electron chi connectivity index (χ1n) is 7.04. The summed E-state index contributed by atoms with van der Waals surface area (Å²) in [4.78, 5) is 17.2. The molecule has 24 heavy (non-hydrogen) atoms. The van der Waals surface area contributed by atoms with Gasteiger partial charge in [-0.25, -0.2) is 4.79 Å². The predicted molar refractivity (Wildman–Crippen MR) is 94.1 cm³/mol. The lowest BCUT2D eigenvalue weighted by molar-refractivity contribution is -0.148. The molecule has 0 aliphatic heterocycles. The van der Waals surface area contributed by atoms with Crippen LogP contribution in [0.25, 0.3) is 0 Å². The molecule has 2 N–H and O–H groups in total. The third kappa shape index (κ3) is 4.27. The molecule has 9 heteroatoms. The van der Waals surface area contributed by atoms with E-state index < -0.39 is 12.0 Å². The quantitative estimate of drug-likeness (QED) is 0.339. The minimum Gasteiger partial charge on any atom is -0.496 e. The molecule has 1 unspecified atom stereocenters. The summed E-state index contributed by atoms with van der Waals surface area (Å²) in [6, 6.07) is 4.29. The number of hydrogen-bond donors (Lipinski definition) is 1. The summed E-state index contributed by atoms with van der Waals surface area (Å²) >= 11 is 9.23. The normalized spacial score (nSPS) is 12.8. The van der Waals surface area contributed by atoms with E-state index in [1.807, 2.05) is 6.92 Å². The first kappa shape index (κ1) is 18.3. The second-order valence-electron chi connectivity index (χ2n) is 4.79. The Morgan fingerprint density at radius 2 is 2.29 bits per heavy atom. The van der Waals surface area contributed by atoms with E-state index in [1.165, 1.54) is 11.8 Å². The highest BCUT2D eigenvalue weighted by Gasteiger charge is 2.22. The van der Waals surface area contributed by atoms with Crippen LogP contribution in [0.2, 0.25) is 5.02 Å². The van der Waals surface area contributed by atoms with Crippen LogP contribution in [-0.2, 0) is 9.63 Å². The predicted octanol–water partition coefficient (Wildman–Crippen LogP) is 3.12. The number of oxime groups is 1. The minimum atomic E-state index is -0.603. The number of nitrogens with zero attached hydrogens (tertiary/aromatic N) is 3. The van der Waals surface area contributed by atoms with Crippen molar-refractivity contribution in [3.05, 3.63) is 45.7 Å². The standard InChI is InChI=1S/C15H16BrClN4O3/c1-3-12(21-8-9(16)7-19-21)15(22)24-20-14(18)11-6-10(17)4-5-13(11)23-2/h4-8,12H,3H2,1-2H3,(H2,18,20). The van der Waals surface area contributed by atoms with Gasteiger partial charge in [0.1, 0.15) is 5.75 Å². The first-order chi connectivity index (χ1) is 11.5. The van der Waals surface area contributed by atoms with Crippen LogP contribution < -0.4 is 10.5 Å². The second-order valence-corrected chi connectivity index (χ2v) is 6.15. The smallest absolute Gasteiger partial charge is 0.359 e. The van der Waals surface area contributed by atoms with E-state index in [2.05, 4.69) is 26.2 Å². The van der Waals surface area contributed by atoms with Crippen molar-refractivity contribution in [3.8, 4) is 5.75 Å². The van der Waals surface area contributed by atoms with Gasteiger partial charge in [0.15, 0.2) is 11.9 Å². The summed E-state index contributed by atoms with van der Waals surface area (Å²) in [6.45, 7) is 1.84. The van der Waals surface area contributed by atoms with Gasteiger partial charge in [-0.05, 0) is 40.5 Å². The van der Waals surface area contributed by atoms with Crippen LogP contribution in [0, 0.1) is 0 Å². The van der Waals surface area contributed by atoms with Crippen LogP contribution in [-0.4, -0.2) is 28.7 Å². The Labute approximate surface area is 152 Å². The van der Waals surface area contributed by atoms with Gasteiger partial charge in [-0.3, -0.25) is 4.68 Å². The zero-order valence-electron chi connectivity index (χ0n) is 13.1. The Kier molecular flexibility index (Phi) is 6.22. The number of rotatable bonds is 6. The van der Waals surface area contributed by atoms with Gasteiger partial charge in [-0.15, -0.1) is 0 Å². The zero-order chi connectivity index (χ0) is 17.7. The number of carbonyl (C=O) groups is 1. The number of halogens is 2. The van der Waals surface area contributed by atoms with Gasteiger partial charge in [-0.1, -0.05) is 23.7 Å². The van der Waals surface area contributed by atoms with Crippen molar-refractivity contribution in [1.29, 1.82) is 0 Å². The van der Waals surface area contributed by atoms with Crippen molar-refractivity contribution < 1.29 is 14.4 Å². The number of benzene rings is 1. The topological polar surface area (TPSA) is 91.7 Å². The molecule has 128 valence electrons. The Balaban J connectivity index is 2.17. The average molecular weight is 416 g/mol. The Morgan fingerprint density at radius 3 is 2.88 bits per heavy atom. The maximum atomic E-state index is 12.2. The SMILES string of the molecule is CCC(C(=O)O/N=C(\N)c1cc(Cl)ccc1OC)n1cc(Br)cn1. The van der Waals surface area contributed by atoms with E-state index >= 15 is 0 Å². The van der Waals surface area contributed by atoms with Crippen molar-refractivity contribution >= 4 is 39.3 Å². The maximum Gasteiger partial charge on any atom is 0.359 e. The number of hydrogen-bond acceptors (Lipinski definition) is 5. The van der Waals surface area contributed by atoms with Crippen molar-refractivity contribution in [3.63, 3.8) is 0 Å². The summed E-state index contributed by atoms with van der Waals surface area (Å²) in [6.07, 6.45) is 3.76. The second kappa shape index (κ2) is 8.16. The molecule has 1 aromatic heterocycles. The van der Waals surface area contributed by atoms with E-state index in [9.17, 15) is 4.79 Å². The summed E-state index contributed by atoms with van der Waals surface area (Å²) in [5.41, 5.74) is 6.31. The molecule has 2 rings (SSSR count). The van der Waals surface area contributed by atoms with Crippen molar-refractivity contribution in [2.24, 2.45) is 10.9 Å². The third-order valence-electron chi connectivity index (χ3n) is 3.22. The molecule has 0 saturated heterocycles. The van der Waals surface area contributed by atoms with Gasteiger partial charge < -0.3 is 15.3 Å². The van der Waals surface area contributed by atoms with E-state index in [1.54, 1.807) is 30.6 Å². The van der Waals surface area contributed by atoms with Crippen LogP contribution in [0.15, 0.2) is 40.2 Å². The number of methoxy groups -OCH3 is 1. The molecule has 0 amide bonds. The minimum absolute atomic E-state index is 0.0146. The molecule has 0 aliphatic carbocycles. The van der Waals surface area contributed by atoms with Gasteiger partial charge >= 0.3 is 5.97 Å². The summed E-state index contributed by atoms with van der Waals surface area (Å²) in [7, 11) is 1.49. The molecule has 2 aromatic rings.